The van der Waals surface area contributed by atoms with Crippen molar-refractivity contribution in [3.8, 4) is 5.88 Å². The van der Waals surface area contributed by atoms with Crippen LogP contribution in [0.4, 0.5) is 11.6 Å². The molecule has 1 fully saturated rings. The van der Waals surface area contributed by atoms with Crippen LogP contribution < -0.4 is 15.0 Å². The van der Waals surface area contributed by atoms with Crippen LogP contribution in [-0.4, -0.2) is 46.4 Å². The maximum Gasteiger partial charge on any atom is 0.218 e. The summed E-state index contributed by atoms with van der Waals surface area (Å²) in [5, 5.41) is 14.3. The fourth-order valence-electron chi connectivity index (χ4n) is 3.22. The molecular formula is C18H20N6O. The van der Waals surface area contributed by atoms with Gasteiger partial charge < -0.3 is 15.0 Å². The zero-order valence-corrected chi connectivity index (χ0v) is 14.1. The molecule has 7 heteroatoms. The van der Waals surface area contributed by atoms with Gasteiger partial charge in [0.15, 0.2) is 5.82 Å². The zero-order valence-electron chi connectivity index (χ0n) is 14.1. The van der Waals surface area contributed by atoms with Gasteiger partial charge in [0.1, 0.15) is 12.1 Å². The third-order valence-electron chi connectivity index (χ3n) is 4.55. The molecule has 2 aromatic heterocycles. The molecule has 1 saturated heterocycles. The molecule has 0 saturated carbocycles. The molecule has 0 radical (unpaired) electrons. The van der Waals surface area contributed by atoms with Crippen molar-refractivity contribution in [2.45, 2.75) is 18.9 Å². The summed E-state index contributed by atoms with van der Waals surface area (Å²) in [6.45, 7) is 1.87. The number of rotatable bonds is 4. The van der Waals surface area contributed by atoms with Crippen LogP contribution in [0.25, 0.3) is 10.8 Å². The van der Waals surface area contributed by atoms with Gasteiger partial charge in [-0.25, -0.2) is 9.97 Å². The molecule has 0 atom stereocenters. The van der Waals surface area contributed by atoms with Crippen LogP contribution in [0.15, 0.2) is 42.9 Å². The quantitative estimate of drug-likeness (QED) is 0.784. The Morgan fingerprint density at radius 1 is 1.16 bits per heavy atom. The first-order valence-corrected chi connectivity index (χ1v) is 8.41. The summed E-state index contributed by atoms with van der Waals surface area (Å²) in [7, 11) is 1.61. The molecule has 3 heterocycles. The summed E-state index contributed by atoms with van der Waals surface area (Å²) in [5.74, 6) is 2.34. The maximum absolute atomic E-state index is 5.15. The van der Waals surface area contributed by atoms with E-state index in [1.54, 1.807) is 7.11 Å². The summed E-state index contributed by atoms with van der Waals surface area (Å²) in [6, 6.07) is 10.5. The summed E-state index contributed by atoms with van der Waals surface area (Å²) < 4.78 is 5.15. The monoisotopic (exact) mass is 336 g/mol. The van der Waals surface area contributed by atoms with Crippen LogP contribution in [0.3, 0.4) is 0 Å². The lowest BCUT2D eigenvalue weighted by Gasteiger charge is -2.33. The first kappa shape index (κ1) is 15.6. The van der Waals surface area contributed by atoms with Crippen LogP contribution in [0.1, 0.15) is 12.8 Å². The maximum atomic E-state index is 5.15. The number of nitrogens with one attached hydrogen (secondary N) is 1. The van der Waals surface area contributed by atoms with Crippen LogP contribution in [-0.2, 0) is 0 Å². The van der Waals surface area contributed by atoms with Crippen LogP contribution >= 0.6 is 0 Å². The van der Waals surface area contributed by atoms with E-state index in [0.717, 1.165) is 48.3 Å². The predicted octanol–water partition coefficient (Wildman–Crippen LogP) is 2.51. The van der Waals surface area contributed by atoms with Crippen molar-refractivity contribution in [1.29, 1.82) is 0 Å². The smallest absolute Gasteiger partial charge is 0.218 e. The highest BCUT2D eigenvalue weighted by Crippen LogP contribution is 2.26. The molecule has 1 N–H and O–H groups in total. The molecule has 0 bridgehead atoms. The average Bonchev–Trinajstić information content (AvgIpc) is 2.68. The molecule has 0 spiro atoms. The Balaban J connectivity index is 1.44. The Morgan fingerprint density at radius 3 is 2.84 bits per heavy atom. The Morgan fingerprint density at radius 2 is 2.00 bits per heavy atom. The molecule has 1 aliphatic heterocycles. The highest BCUT2D eigenvalue weighted by atomic mass is 16.5. The Hall–Kier alpha value is -2.96. The van der Waals surface area contributed by atoms with Crippen molar-refractivity contribution >= 4 is 22.4 Å². The van der Waals surface area contributed by atoms with E-state index in [1.165, 1.54) is 6.33 Å². The number of benzene rings is 1. The molecule has 7 nitrogen and oxygen atoms in total. The number of nitrogens with zero attached hydrogens (tertiary/aromatic N) is 5. The van der Waals surface area contributed by atoms with Gasteiger partial charge in [-0.1, -0.05) is 24.3 Å². The van der Waals surface area contributed by atoms with Gasteiger partial charge in [0.05, 0.1) is 13.3 Å². The first-order chi connectivity index (χ1) is 12.3. The van der Waals surface area contributed by atoms with Crippen molar-refractivity contribution in [2.24, 2.45) is 0 Å². The second-order valence-corrected chi connectivity index (χ2v) is 6.11. The minimum absolute atomic E-state index is 0.374. The lowest BCUT2D eigenvalue weighted by atomic mass is 10.0. The molecule has 25 heavy (non-hydrogen) atoms. The van der Waals surface area contributed by atoms with Crippen LogP contribution in [0.5, 0.6) is 5.88 Å². The molecule has 1 aliphatic rings. The number of hydrogen-bond donors (Lipinski definition) is 1. The van der Waals surface area contributed by atoms with E-state index in [0.29, 0.717) is 11.9 Å². The fourth-order valence-corrected chi connectivity index (χ4v) is 3.22. The molecule has 0 aliphatic carbocycles. The molecular weight excluding hydrogens is 316 g/mol. The van der Waals surface area contributed by atoms with E-state index in [2.05, 4.69) is 42.5 Å². The van der Waals surface area contributed by atoms with Crippen molar-refractivity contribution in [2.75, 3.05) is 30.4 Å². The average molecular weight is 336 g/mol. The number of ether oxygens (including phenoxy) is 1. The van der Waals surface area contributed by atoms with Gasteiger partial charge in [0.25, 0.3) is 0 Å². The molecule has 4 rings (SSSR count). The van der Waals surface area contributed by atoms with Gasteiger partial charge in [-0.15, -0.1) is 5.10 Å². The second kappa shape index (κ2) is 6.88. The van der Waals surface area contributed by atoms with Crippen molar-refractivity contribution in [1.82, 2.24) is 20.2 Å². The van der Waals surface area contributed by atoms with E-state index in [1.807, 2.05) is 24.4 Å². The number of anilines is 2. The standard InChI is InChI=1S/C18H20N6O/c1-25-17-10-16(19-12-20-17)22-14-6-8-24(9-7-14)18-15-5-3-2-4-13(15)11-21-23-18/h2-5,10-12,14H,6-9H2,1H3,(H,19,20,22). The normalized spacial score (nSPS) is 15.3. The van der Waals surface area contributed by atoms with Gasteiger partial charge >= 0.3 is 0 Å². The van der Waals surface area contributed by atoms with Gasteiger partial charge in [-0.3, -0.25) is 0 Å². The van der Waals surface area contributed by atoms with Gasteiger partial charge in [0.2, 0.25) is 5.88 Å². The van der Waals surface area contributed by atoms with Gasteiger partial charge in [-0.2, -0.15) is 5.10 Å². The zero-order chi connectivity index (χ0) is 17.1. The highest BCUT2D eigenvalue weighted by Gasteiger charge is 2.22. The van der Waals surface area contributed by atoms with E-state index < -0.39 is 0 Å². The summed E-state index contributed by atoms with van der Waals surface area (Å²) in [4.78, 5) is 10.6. The summed E-state index contributed by atoms with van der Waals surface area (Å²) >= 11 is 0. The molecule has 0 amide bonds. The van der Waals surface area contributed by atoms with Gasteiger partial charge in [-0.05, 0) is 12.8 Å². The Kier molecular flexibility index (Phi) is 4.28. The first-order valence-electron chi connectivity index (χ1n) is 8.41. The largest absolute Gasteiger partial charge is 0.481 e. The van der Waals surface area contributed by atoms with Crippen LogP contribution in [0, 0.1) is 0 Å². The summed E-state index contributed by atoms with van der Waals surface area (Å²) in [5.41, 5.74) is 0. The van der Waals surface area contributed by atoms with Crippen molar-refractivity contribution < 1.29 is 4.74 Å². The Bertz CT molecular complexity index is 858. The molecule has 1 aromatic carbocycles. The fraction of sp³-hybridized carbons (Fsp3) is 0.333. The third-order valence-corrected chi connectivity index (χ3v) is 4.55. The minimum atomic E-state index is 0.374. The third kappa shape index (κ3) is 3.31. The molecule has 0 unspecified atom stereocenters. The SMILES string of the molecule is COc1cc(NC2CCN(c3nncc4ccccc34)CC2)ncn1. The lowest BCUT2D eigenvalue weighted by Crippen LogP contribution is -2.39. The second-order valence-electron chi connectivity index (χ2n) is 6.11. The number of methoxy groups -OCH3 is 1. The predicted molar refractivity (Wildman–Crippen MR) is 97.0 cm³/mol. The van der Waals surface area contributed by atoms with Crippen LogP contribution in [0.2, 0.25) is 0 Å². The number of piperidine rings is 1. The van der Waals surface area contributed by atoms with E-state index in [-0.39, 0.29) is 0 Å². The number of aromatic nitrogens is 4. The van der Waals surface area contributed by atoms with Crippen molar-refractivity contribution in [3.63, 3.8) is 0 Å². The Labute approximate surface area is 146 Å². The minimum Gasteiger partial charge on any atom is -0.481 e. The topological polar surface area (TPSA) is 76.1 Å². The van der Waals surface area contributed by atoms with E-state index in [9.17, 15) is 0 Å². The molecule has 3 aromatic rings. The summed E-state index contributed by atoms with van der Waals surface area (Å²) in [6.07, 6.45) is 5.35. The van der Waals surface area contributed by atoms with Crippen molar-refractivity contribution in [3.05, 3.63) is 42.9 Å². The van der Waals surface area contributed by atoms with Gasteiger partial charge in [0, 0.05) is 36.0 Å². The number of fused-ring (bicyclic) bond motifs is 1. The highest BCUT2D eigenvalue weighted by molar-refractivity contribution is 5.91. The van der Waals surface area contributed by atoms with E-state index >= 15 is 0 Å². The number of hydrogen-bond acceptors (Lipinski definition) is 7. The molecule has 128 valence electrons. The lowest BCUT2D eigenvalue weighted by molar-refractivity contribution is 0.397. The van der Waals surface area contributed by atoms with E-state index in [4.69, 9.17) is 4.74 Å².